The van der Waals surface area contributed by atoms with Crippen LogP contribution in [-0.2, 0) is 17.8 Å². The number of nitrogens with zero attached hydrogens (tertiary/aromatic N) is 5. The van der Waals surface area contributed by atoms with E-state index < -0.39 is 0 Å². The van der Waals surface area contributed by atoms with E-state index in [1.54, 1.807) is 7.11 Å². The van der Waals surface area contributed by atoms with E-state index in [9.17, 15) is 4.79 Å². The molecule has 1 aliphatic carbocycles. The number of rotatable bonds is 9. The second kappa shape index (κ2) is 10.7. The van der Waals surface area contributed by atoms with Crippen molar-refractivity contribution in [2.24, 2.45) is 0 Å². The van der Waals surface area contributed by atoms with Gasteiger partial charge in [0.25, 0.3) is 5.56 Å². The second-order valence-corrected chi connectivity index (χ2v) is 9.35. The molecule has 1 fully saturated rings. The lowest BCUT2D eigenvalue weighted by molar-refractivity contribution is 0.0826. The highest BCUT2D eigenvalue weighted by Crippen LogP contribution is 2.35. The number of aromatic amines is 1. The van der Waals surface area contributed by atoms with Crippen LogP contribution in [0.15, 0.2) is 23.0 Å². The molecule has 1 aromatic carbocycles. The van der Waals surface area contributed by atoms with E-state index in [-0.39, 0.29) is 11.6 Å². The van der Waals surface area contributed by atoms with Crippen molar-refractivity contribution in [3.8, 4) is 11.5 Å². The molecule has 10 heteroatoms. The summed E-state index contributed by atoms with van der Waals surface area (Å²) in [4.78, 5) is 18.7. The normalized spacial score (nSPS) is 17.2. The molecule has 1 saturated carbocycles. The van der Waals surface area contributed by atoms with Gasteiger partial charge in [-0.1, -0.05) is 26.2 Å². The van der Waals surface area contributed by atoms with Crippen LogP contribution >= 0.6 is 0 Å². The van der Waals surface area contributed by atoms with Crippen molar-refractivity contribution < 1.29 is 14.2 Å². The summed E-state index contributed by atoms with van der Waals surface area (Å²) < 4.78 is 18.5. The summed E-state index contributed by atoms with van der Waals surface area (Å²) >= 11 is 0. The van der Waals surface area contributed by atoms with Crippen molar-refractivity contribution in [2.45, 2.75) is 70.6 Å². The zero-order valence-corrected chi connectivity index (χ0v) is 20.5. The summed E-state index contributed by atoms with van der Waals surface area (Å²) in [6.07, 6.45) is 6.72. The van der Waals surface area contributed by atoms with Crippen molar-refractivity contribution in [1.29, 1.82) is 0 Å². The molecule has 3 heterocycles. The van der Waals surface area contributed by atoms with Crippen LogP contribution in [0.1, 0.15) is 62.9 Å². The van der Waals surface area contributed by atoms with E-state index in [1.165, 1.54) is 19.3 Å². The fourth-order valence-corrected chi connectivity index (χ4v) is 5.36. The van der Waals surface area contributed by atoms with E-state index >= 15 is 0 Å². The molecule has 0 saturated heterocycles. The Morgan fingerprint density at radius 2 is 1.94 bits per heavy atom. The smallest absolute Gasteiger partial charge is 0.252 e. The van der Waals surface area contributed by atoms with Crippen LogP contribution in [0, 0.1) is 0 Å². The fourth-order valence-electron chi connectivity index (χ4n) is 5.36. The number of fused-ring (bicyclic) bond motifs is 2. The highest BCUT2D eigenvalue weighted by atomic mass is 16.6. The first-order valence-electron chi connectivity index (χ1n) is 12.6. The van der Waals surface area contributed by atoms with Gasteiger partial charge in [-0.25, -0.2) is 4.68 Å². The maximum atomic E-state index is 13.2. The van der Waals surface area contributed by atoms with Crippen molar-refractivity contribution in [1.82, 2.24) is 30.1 Å². The first kappa shape index (κ1) is 23.7. The molecular weight excluding hydrogens is 448 g/mol. The highest BCUT2D eigenvalue weighted by Gasteiger charge is 2.32. The number of methoxy groups -OCH3 is 1. The summed E-state index contributed by atoms with van der Waals surface area (Å²) in [6, 6.07) is 6.17. The first-order valence-corrected chi connectivity index (χ1v) is 12.6. The lowest BCUT2D eigenvalue weighted by atomic mass is 9.92. The SMILES string of the molecule is CCC(c1nnnn1CCOC)N(Cc1cc2cc3c(cc2[nH]c1=O)OCCO3)C1CCCCC1. The Bertz CT molecular complexity index is 1200. The van der Waals surface area contributed by atoms with Gasteiger partial charge in [0, 0.05) is 36.7 Å². The maximum Gasteiger partial charge on any atom is 0.252 e. The molecule has 1 atom stereocenters. The Morgan fingerprint density at radius 3 is 2.69 bits per heavy atom. The summed E-state index contributed by atoms with van der Waals surface area (Å²) in [7, 11) is 1.68. The number of benzene rings is 1. The molecule has 2 aliphatic rings. The number of hydrogen-bond donors (Lipinski definition) is 1. The molecule has 10 nitrogen and oxygen atoms in total. The third-order valence-corrected chi connectivity index (χ3v) is 7.13. The van der Waals surface area contributed by atoms with Crippen LogP contribution in [0.25, 0.3) is 10.9 Å². The Morgan fingerprint density at radius 1 is 1.17 bits per heavy atom. The molecule has 1 N–H and O–H groups in total. The molecule has 35 heavy (non-hydrogen) atoms. The Balaban J connectivity index is 1.50. The lowest BCUT2D eigenvalue weighted by Gasteiger charge is -2.39. The summed E-state index contributed by atoms with van der Waals surface area (Å²) in [6.45, 7) is 4.86. The van der Waals surface area contributed by atoms with Crippen molar-refractivity contribution >= 4 is 10.9 Å². The van der Waals surface area contributed by atoms with E-state index in [2.05, 4.69) is 32.3 Å². The van der Waals surface area contributed by atoms with Gasteiger partial charge in [0.05, 0.1) is 24.7 Å². The number of pyridine rings is 1. The zero-order valence-electron chi connectivity index (χ0n) is 20.5. The molecular formula is C25H34N6O4. The van der Waals surface area contributed by atoms with Gasteiger partial charge in [0.15, 0.2) is 17.3 Å². The lowest BCUT2D eigenvalue weighted by Crippen LogP contribution is -2.41. The summed E-state index contributed by atoms with van der Waals surface area (Å²) in [5, 5.41) is 13.5. The zero-order chi connectivity index (χ0) is 24.2. The van der Waals surface area contributed by atoms with Gasteiger partial charge in [-0.2, -0.15) is 0 Å². The Hall–Kier alpha value is -2.98. The monoisotopic (exact) mass is 482 g/mol. The molecule has 188 valence electrons. The number of aromatic nitrogens is 5. The first-order chi connectivity index (χ1) is 17.2. The fraction of sp³-hybridized carbons (Fsp3) is 0.600. The topological polar surface area (TPSA) is 107 Å². The van der Waals surface area contributed by atoms with Gasteiger partial charge >= 0.3 is 0 Å². The van der Waals surface area contributed by atoms with Gasteiger partial charge in [0.1, 0.15) is 13.2 Å². The molecule has 0 amide bonds. The number of hydrogen-bond acceptors (Lipinski definition) is 8. The van der Waals surface area contributed by atoms with Crippen molar-refractivity contribution in [2.75, 3.05) is 26.9 Å². The van der Waals surface area contributed by atoms with E-state index in [1.807, 2.05) is 22.9 Å². The van der Waals surface area contributed by atoms with Crippen molar-refractivity contribution in [3.05, 3.63) is 39.9 Å². The highest BCUT2D eigenvalue weighted by molar-refractivity contribution is 5.83. The quantitative estimate of drug-likeness (QED) is 0.495. The van der Waals surface area contributed by atoms with Crippen LogP contribution in [0.3, 0.4) is 0 Å². The number of ether oxygens (including phenoxy) is 3. The van der Waals surface area contributed by atoms with E-state index in [4.69, 9.17) is 14.2 Å². The minimum atomic E-state index is -0.0798. The standard InChI is InChI=1S/C25H34N6O4/c1-3-21(24-27-28-29-31(24)9-10-33-2)30(19-7-5-4-6-8-19)16-18-13-17-14-22-23(35-12-11-34-22)15-20(17)26-25(18)32/h13-15,19,21H,3-12,16H2,1-2H3,(H,26,32). The molecule has 2 aromatic heterocycles. The number of tetrazole rings is 1. The third-order valence-electron chi connectivity index (χ3n) is 7.13. The summed E-state index contributed by atoms with van der Waals surface area (Å²) in [5.41, 5.74) is 1.40. The van der Waals surface area contributed by atoms with Crippen molar-refractivity contribution in [3.63, 3.8) is 0 Å². The Labute approximate surface area is 204 Å². The predicted molar refractivity (Wildman–Crippen MR) is 131 cm³/mol. The average Bonchev–Trinajstić information content (AvgIpc) is 3.35. The molecule has 0 spiro atoms. The minimum Gasteiger partial charge on any atom is -0.486 e. The molecule has 3 aromatic rings. The van der Waals surface area contributed by atoms with Crippen LogP contribution in [0.4, 0.5) is 0 Å². The predicted octanol–water partition coefficient (Wildman–Crippen LogP) is 3.22. The largest absolute Gasteiger partial charge is 0.486 e. The van der Waals surface area contributed by atoms with Gasteiger partial charge < -0.3 is 19.2 Å². The van der Waals surface area contributed by atoms with E-state index in [0.717, 1.165) is 47.3 Å². The van der Waals surface area contributed by atoms with Crippen LogP contribution < -0.4 is 15.0 Å². The van der Waals surface area contributed by atoms with Crippen LogP contribution in [-0.4, -0.2) is 63.1 Å². The molecule has 0 radical (unpaired) electrons. The minimum absolute atomic E-state index is 0.000296. The number of H-pyrrole nitrogens is 1. The van der Waals surface area contributed by atoms with Gasteiger partial charge in [-0.3, -0.25) is 9.69 Å². The number of nitrogens with one attached hydrogen (secondary N) is 1. The van der Waals surface area contributed by atoms with E-state index in [0.29, 0.717) is 44.7 Å². The molecule has 5 rings (SSSR count). The van der Waals surface area contributed by atoms with Crippen LogP contribution in [0.5, 0.6) is 11.5 Å². The molecule has 1 aliphatic heterocycles. The summed E-state index contributed by atoms with van der Waals surface area (Å²) in [5.74, 6) is 2.21. The second-order valence-electron chi connectivity index (χ2n) is 9.35. The molecule has 0 bridgehead atoms. The maximum absolute atomic E-state index is 13.2. The third kappa shape index (κ3) is 5.04. The van der Waals surface area contributed by atoms with Gasteiger partial charge in [-0.05, 0) is 41.8 Å². The molecule has 1 unspecified atom stereocenters. The van der Waals surface area contributed by atoms with Gasteiger partial charge in [0.2, 0.25) is 0 Å². The van der Waals surface area contributed by atoms with Gasteiger partial charge in [-0.15, -0.1) is 5.10 Å². The average molecular weight is 483 g/mol. The Kier molecular flexibility index (Phi) is 7.29. The van der Waals surface area contributed by atoms with Crippen LogP contribution in [0.2, 0.25) is 0 Å².